The van der Waals surface area contributed by atoms with E-state index in [0.717, 1.165) is 5.56 Å². The number of benzene rings is 1. The van der Waals surface area contributed by atoms with Gasteiger partial charge >= 0.3 is 6.09 Å². The molecule has 0 saturated heterocycles. The number of hydrogen-bond donors (Lipinski definition) is 0. The number of hydrogen-bond acceptors (Lipinski definition) is 2. The van der Waals surface area contributed by atoms with E-state index in [-0.39, 0.29) is 10.8 Å². The monoisotopic (exact) mass is 312 g/mol. The van der Waals surface area contributed by atoms with Crippen molar-refractivity contribution in [3.63, 3.8) is 0 Å². The van der Waals surface area contributed by atoms with Crippen LogP contribution >= 0.6 is 0 Å². The lowest BCUT2D eigenvalue weighted by Gasteiger charge is -2.35. The van der Waals surface area contributed by atoms with E-state index in [1.54, 1.807) is 0 Å². The van der Waals surface area contributed by atoms with Crippen molar-refractivity contribution < 1.29 is 9.53 Å². The molecule has 2 aliphatic rings. The SMILES string of the molecule is COC(=O)/N=C(/N=C1C2(C)CCC(C2)C1(C)C)c1ccccc1. The Hall–Kier alpha value is -1.97. The predicted octanol–water partition coefficient (Wildman–Crippen LogP) is 4.49. The van der Waals surface area contributed by atoms with Crippen LogP contribution in [-0.4, -0.2) is 24.8 Å². The quantitative estimate of drug-likeness (QED) is 0.567. The highest BCUT2D eigenvalue weighted by molar-refractivity contribution is 6.13. The number of ether oxygens (including phenoxy) is 1. The fourth-order valence-electron chi connectivity index (χ4n) is 4.30. The van der Waals surface area contributed by atoms with Crippen LogP contribution in [0.15, 0.2) is 40.3 Å². The zero-order valence-electron chi connectivity index (χ0n) is 14.3. The second kappa shape index (κ2) is 5.59. The summed E-state index contributed by atoms with van der Waals surface area (Å²) in [5.74, 6) is 1.12. The molecule has 2 unspecified atom stereocenters. The van der Waals surface area contributed by atoms with Gasteiger partial charge in [-0.15, -0.1) is 0 Å². The van der Waals surface area contributed by atoms with E-state index in [4.69, 9.17) is 9.73 Å². The first-order chi connectivity index (χ1) is 10.9. The molecule has 1 amide bonds. The van der Waals surface area contributed by atoms with Crippen LogP contribution in [0.5, 0.6) is 0 Å². The van der Waals surface area contributed by atoms with Crippen molar-refractivity contribution in [3.8, 4) is 0 Å². The fraction of sp³-hybridized carbons (Fsp3) is 0.526. The molecule has 4 heteroatoms. The summed E-state index contributed by atoms with van der Waals surface area (Å²) in [7, 11) is 1.34. The highest BCUT2D eigenvalue weighted by Crippen LogP contribution is 2.60. The first kappa shape index (κ1) is 15.9. The highest BCUT2D eigenvalue weighted by Gasteiger charge is 2.57. The maximum Gasteiger partial charge on any atom is 0.435 e. The van der Waals surface area contributed by atoms with Crippen LogP contribution in [0, 0.1) is 16.7 Å². The molecule has 0 radical (unpaired) electrons. The van der Waals surface area contributed by atoms with Crippen LogP contribution in [0.2, 0.25) is 0 Å². The molecule has 2 bridgehead atoms. The lowest BCUT2D eigenvalue weighted by molar-refractivity contribution is 0.182. The molecular formula is C19H24N2O2. The van der Waals surface area contributed by atoms with E-state index in [0.29, 0.717) is 11.8 Å². The number of fused-ring (bicyclic) bond motifs is 2. The van der Waals surface area contributed by atoms with Gasteiger partial charge in [-0.3, -0.25) is 0 Å². The van der Waals surface area contributed by atoms with Crippen molar-refractivity contribution >= 4 is 17.6 Å². The Morgan fingerprint density at radius 2 is 1.91 bits per heavy atom. The van der Waals surface area contributed by atoms with Crippen LogP contribution < -0.4 is 0 Å². The lowest BCUT2D eigenvalue weighted by Crippen LogP contribution is -2.36. The summed E-state index contributed by atoms with van der Waals surface area (Å²) in [4.78, 5) is 20.7. The van der Waals surface area contributed by atoms with Gasteiger partial charge < -0.3 is 4.74 Å². The molecule has 1 aromatic rings. The van der Waals surface area contributed by atoms with Gasteiger partial charge in [0.25, 0.3) is 0 Å². The summed E-state index contributed by atoms with van der Waals surface area (Å²) < 4.78 is 4.71. The molecule has 1 aromatic carbocycles. The van der Waals surface area contributed by atoms with E-state index in [1.807, 2.05) is 30.3 Å². The molecule has 0 aromatic heterocycles. The van der Waals surface area contributed by atoms with E-state index in [2.05, 4.69) is 25.8 Å². The van der Waals surface area contributed by atoms with Gasteiger partial charge in [-0.05, 0) is 25.2 Å². The predicted molar refractivity (Wildman–Crippen MR) is 92.0 cm³/mol. The Bertz CT molecular complexity index is 669. The minimum Gasteiger partial charge on any atom is -0.451 e. The topological polar surface area (TPSA) is 51.0 Å². The molecular weight excluding hydrogens is 288 g/mol. The van der Waals surface area contributed by atoms with Crippen LogP contribution in [0.1, 0.15) is 45.6 Å². The fourth-order valence-corrected chi connectivity index (χ4v) is 4.30. The van der Waals surface area contributed by atoms with Crippen molar-refractivity contribution in [3.05, 3.63) is 35.9 Å². The average molecular weight is 312 g/mol. The number of carbonyl (C=O) groups excluding carboxylic acids is 1. The molecule has 122 valence electrons. The summed E-state index contributed by atoms with van der Waals surface area (Å²) in [5.41, 5.74) is 2.19. The summed E-state index contributed by atoms with van der Waals surface area (Å²) in [6.07, 6.45) is 3.00. The van der Waals surface area contributed by atoms with Gasteiger partial charge in [0.05, 0.1) is 7.11 Å². The Balaban J connectivity index is 2.08. The first-order valence-electron chi connectivity index (χ1n) is 8.18. The zero-order valence-corrected chi connectivity index (χ0v) is 14.3. The normalized spacial score (nSPS) is 30.7. The van der Waals surface area contributed by atoms with E-state index in [9.17, 15) is 4.79 Å². The van der Waals surface area contributed by atoms with Crippen molar-refractivity contribution in [1.82, 2.24) is 0 Å². The molecule has 0 spiro atoms. The Kier molecular flexibility index (Phi) is 3.86. The third-order valence-corrected chi connectivity index (χ3v) is 5.57. The van der Waals surface area contributed by atoms with Crippen LogP contribution in [0.4, 0.5) is 4.79 Å². The first-order valence-corrected chi connectivity index (χ1v) is 8.18. The van der Waals surface area contributed by atoms with Gasteiger partial charge in [0.1, 0.15) is 0 Å². The number of carbonyl (C=O) groups is 1. The molecule has 2 fully saturated rings. The van der Waals surface area contributed by atoms with Gasteiger partial charge in [0.2, 0.25) is 0 Å². The summed E-state index contributed by atoms with van der Waals surface area (Å²) in [5, 5.41) is 0. The zero-order chi connectivity index (χ0) is 16.7. The van der Waals surface area contributed by atoms with Crippen LogP contribution in [-0.2, 0) is 4.74 Å². The molecule has 4 nitrogen and oxygen atoms in total. The summed E-state index contributed by atoms with van der Waals surface area (Å²) in [6.45, 7) is 6.82. The van der Waals surface area contributed by atoms with Crippen molar-refractivity contribution in [1.29, 1.82) is 0 Å². The van der Waals surface area contributed by atoms with Crippen molar-refractivity contribution in [2.24, 2.45) is 26.7 Å². The molecule has 2 atom stereocenters. The number of rotatable bonds is 1. The molecule has 3 rings (SSSR count). The minimum absolute atomic E-state index is 0.0542. The van der Waals surface area contributed by atoms with Gasteiger partial charge in [-0.1, -0.05) is 51.1 Å². The number of methoxy groups -OCH3 is 1. The van der Waals surface area contributed by atoms with Crippen LogP contribution in [0.3, 0.4) is 0 Å². The number of aliphatic imine (C=N–C) groups is 2. The standard InChI is InChI=1S/C19H24N2O2/c1-18(2)14-10-11-19(3,12-14)16(18)20-15(21-17(22)23-4)13-8-6-5-7-9-13/h5-9,14H,10-12H2,1-4H3/b20-16?,21-15+. The Morgan fingerprint density at radius 3 is 2.48 bits per heavy atom. The van der Waals surface area contributed by atoms with E-state index in [1.165, 1.54) is 32.1 Å². The summed E-state index contributed by atoms with van der Waals surface area (Å²) in [6, 6.07) is 9.64. The van der Waals surface area contributed by atoms with Crippen LogP contribution in [0.25, 0.3) is 0 Å². The molecule has 2 aliphatic carbocycles. The average Bonchev–Trinajstić information content (AvgIpc) is 3.02. The molecule has 0 heterocycles. The van der Waals surface area contributed by atoms with Gasteiger partial charge in [0.15, 0.2) is 5.84 Å². The largest absolute Gasteiger partial charge is 0.451 e. The maximum absolute atomic E-state index is 11.7. The molecule has 2 saturated carbocycles. The third-order valence-electron chi connectivity index (χ3n) is 5.57. The van der Waals surface area contributed by atoms with Gasteiger partial charge in [0, 0.05) is 22.1 Å². The molecule has 0 aliphatic heterocycles. The second-order valence-electron chi connectivity index (χ2n) is 7.45. The van der Waals surface area contributed by atoms with Crippen molar-refractivity contribution in [2.75, 3.05) is 7.11 Å². The Morgan fingerprint density at radius 1 is 1.22 bits per heavy atom. The highest BCUT2D eigenvalue weighted by atomic mass is 16.5. The van der Waals surface area contributed by atoms with E-state index < -0.39 is 6.09 Å². The number of nitrogens with zero attached hydrogens (tertiary/aromatic N) is 2. The maximum atomic E-state index is 11.7. The van der Waals surface area contributed by atoms with Gasteiger partial charge in [-0.2, -0.15) is 4.99 Å². The number of amidine groups is 1. The van der Waals surface area contributed by atoms with Crippen molar-refractivity contribution in [2.45, 2.75) is 40.0 Å². The second-order valence-corrected chi connectivity index (χ2v) is 7.45. The lowest BCUT2D eigenvalue weighted by atomic mass is 9.71. The third kappa shape index (κ3) is 2.71. The summed E-state index contributed by atoms with van der Waals surface area (Å²) >= 11 is 0. The Labute approximate surface area is 137 Å². The smallest absolute Gasteiger partial charge is 0.435 e. The number of amides is 1. The molecule has 23 heavy (non-hydrogen) atoms. The van der Waals surface area contributed by atoms with Gasteiger partial charge in [-0.25, -0.2) is 9.79 Å². The molecule has 0 N–H and O–H groups in total. The minimum atomic E-state index is -0.612. The van der Waals surface area contributed by atoms with E-state index >= 15 is 0 Å².